The van der Waals surface area contributed by atoms with E-state index in [9.17, 15) is 0 Å². The number of hydrogen-bond acceptors (Lipinski definition) is 5. The SMILES string of the molecule is CCCSCc1noc(C2C3CCC(C3)C2N)n1. The average Bonchev–Trinajstić information content (AvgIpc) is 3.04. The molecule has 2 aliphatic carbocycles. The van der Waals surface area contributed by atoms with Gasteiger partial charge in [0.15, 0.2) is 5.82 Å². The Bertz CT molecular complexity index is 407. The van der Waals surface area contributed by atoms with Crippen molar-refractivity contribution in [1.82, 2.24) is 10.1 Å². The molecule has 4 atom stereocenters. The Morgan fingerprint density at radius 2 is 2.22 bits per heavy atom. The lowest BCUT2D eigenvalue weighted by Gasteiger charge is -2.24. The molecule has 0 spiro atoms. The molecule has 2 fully saturated rings. The molecular weight excluding hydrogens is 246 g/mol. The third kappa shape index (κ3) is 2.18. The molecule has 0 radical (unpaired) electrons. The summed E-state index contributed by atoms with van der Waals surface area (Å²) in [5.74, 6) is 5.32. The normalized spacial score (nSPS) is 34.3. The summed E-state index contributed by atoms with van der Waals surface area (Å²) >= 11 is 1.86. The van der Waals surface area contributed by atoms with E-state index >= 15 is 0 Å². The Kier molecular flexibility index (Phi) is 3.61. The molecule has 2 aliphatic rings. The van der Waals surface area contributed by atoms with Crippen LogP contribution in [0.15, 0.2) is 4.52 Å². The summed E-state index contributed by atoms with van der Waals surface area (Å²) < 4.78 is 5.45. The molecule has 0 aliphatic heterocycles. The van der Waals surface area contributed by atoms with Crippen molar-refractivity contribution in [2.24, 2.45) is 17.6 Å². The lowest BCUT2D eigenvalue weighted by Crippen LogP contribution is -2.34. The molecule has 1 aromatic heterocycles. The van der Waals surface area contributed by atoms with Crippen molar-refractivity contribution in [2.75, 3.05) is 5.75 Å². The quantitative estimate of drug-likeness (QED) is 0.831. The molecular formula is C13H21N3OS. The summed E-state index contributed by atoms with van der Waals surface area (Å²) in [6.07, 6.45) is 5.02. The first-order chi connectivity index (χ1) is 8.79. The second-order valence-electron chi connectivity index (χ2n) is 5.54. The molecule has 1 aromatic rings. The highest BCUT2D eigenvalue weighted by atomic mass is 32.2. The van der Waals surface area contributed by atoms with Gasteiger partial charge in [-0.15, -0.1) is 0 Å². The standard InChI is InChI=1S/C13H21N3OS/c1-2-5-18-7-10-15-13(17-16-10)11-8-3-4-9(6-8)12(11)14/h8-9,11-12H,2-7,14H2,1H3. The van der Waals surface area contributed by atoms with Gasteiger partial charge in [-0.05, 0) is 43.3 Å². The fourth-order valence-electron chi connectivity index (χ4n) is 3.47. The number of nitrogens with zero attached hydrogens (tertiary/aromatic N) is 2. The largest absolute Gasteiger partial charge is 0.339 e. The van der Waals surface area contributed by atoms with Crippen LogP contribution in [0.1, 0.15) is 50.2 Å². The smallest absolute Gasteiger partial charge is 0.231 e. The van der Waals surface area contributed by atoms with Crippen LogP contribution in [0.2, 0.25) is 0 Å². The fraction of sp³-hybridized carbons (Fsp3) is 0.846. The molecule has 2 saturated carbocycles. The molecule has 5 heteroatoms. The van der Waals surface area contributed by atoms with Crippen molar-refractivity contribution in [3.05, 3.63) is 11.7 Å². The van der Waals surface area contributed by atoms with Gasteiger partial charge in [0.25, 0.3) is 0 Å². The van der Waals surface area contributed by atoms with E-state index in [0.717, 1.165) is 23.2 Å². The van der Waals surface area contributed by atoms with Crippen LogP contribution in [-0.2, 0) is 5.75 Å². The molecule has 0 amide bonds. The maximum atomic E-state index is 6.29. The van der Waals surface area contributed by atoms with Gasteiger partial charge in [-0.1, -0.05) is 12.1 Å². The summed E-state index contributed by atoms with van der Waals surface area (Å²) in [5.41, 5.74) is 6.29. The van der Waals surface area contributed by atoms with Crippen LogP contribution < -0.4 is 5.73 Å². The van der Waals surface area contributed by atoms with E-state index in [-0.39, 0.29) is 6.04 Å². The Morgan fingerprint density at radius 3 is 2.94 bits per heavy atom. The third-order valence-electron chi connectivity index (χ3n) is 4.33. The number of aromatic nitrogens is 2. The van der Waals surface area contributed by atoms with E-state index in [0.29, 0.717) is 17.8 Å². The Labute approximate surface area is 112 Å². The predicted octanol–water partition coefficient (Wildman–Crippen LogP) is 2.55. The lowest BCUT2D eigenvalue weighted by atomic mass is 9.85. The van der Waals surface area contributed by atoms with Gasteiger partial charge in [-0.25, -0.2) is 0 Å². The van der Waals surface area contributed by atoms with Crippen molar-refractivity contribution >= 4 is 11.8 Å². The van der Waals surface area contributed by atoms with E-state index in [1.807, 2.05) is 11.8 Å². The van der Waals surface area contributed by atoms with Gasteiger partial charge in [-0.3, -0.25) is 0 Å². The number of rotatable bonds is 5. The number of hydrogen-bond donors (Lipinski definition) is 1. The van der Waals surface area contributed by atoms with Crippen molar-refractivity contribution in [3.63, 3.8) is 0 Å². The van der Waals surface area contributed by atoms with Gasteiger partial charge in [0.05, 0.1) is 11.7 Å². The maximum absolute atomic E-state index is 6.29. The zero-order chi connectivity index (χ0) is 12.5. The molecule has 4 unspecified atom stereocenters. The zero-order valence-corrected chi connectivity index (χ0v) is 11.7. The zero-order valence-electron chi connectivity index (χ0n) is 10.8. The van der Waals surface area contributed by atoms with Crippen molar-refractivity contribution in [1.29, 1.82) is 0 Å². The van der Waals surface area contributed by atoms with Crippen LogP contribution >= 0.6 is 11.8 Å². The average molecular weight is 267 g/mol. The first kappa shape index (κ1) is 12.5. The van der Waals surface area contributed by atoms with Crippen molar-refractivity contribution in [3.8, 4) is 0 Å². The maximum Gasteiger partial charge on any atom is 0.231 e. The second kappa shape index (κ2) is 5.21. The molecule has 18 heavy (non-hydrogen) atoms. The van der Waals surface area contributed by atoms with E-state index in [4.69, 9.17) is 10.3 Å². The van der Waals surface area contributed by atoms with Gasteiger partial charge in [-0.2, -0.15) is 16.7 Å². The Morgan fingerprint density at radius 1 is 1.39 bits per heavy atom. The van der Waals surface area contributed by atoms with E-state index in [1.54, 1.807) is 0 Å². The highest BCUT2D eigenvalue weighted by Crippen LogP contribution is 2.51. The lowest BCUT2D eigenvalue weighted by molar-refractivity contribution is 0.278. The molecule has 2 bridgehead atoms. The van der Waals surface area contributed by atoms with E-state index in [1.165, 1.54) is 25.7 Å². The molecule has 0 aromatic carbocycles. The van der Waals surface area contributed by atoms with E-state index in [2.05, 4.69) is 17.1 Å². The third-order valence-corrected chi connectivity index (χ3v) is 5.49. The van der Waals surface area contributed by atoms with Gasteiger partial charge in [0.1, 0.15) is 0 Å². The van der Waals surface area contributed by atoms with Crippen LogP contribution in [-0.4, -0.2) is 21.9 Å². The highest BCUT2D eigenvalue weighted by molar-refractivity contribution is 7.98. The fourth-order valence-corrected chi connectivity index (χ4v) is 4.20. The van der Waals surface area contributed by atoms with Crippen LogP contribution in [0.3, 0.4) is 0 Å². The summed E-state index contributed by atoms with van der Waals surface area (Å²) in [4.78, 5) is 4.55. The van der Waals surface area contributed by atoms with Crippen LogP contribution in [0.5, 0.6) is 0 Å². The van der Waals surface area contributed by atoms with Gasteiger partial charge in [0, 0.05) is 6.04 Å². The molecule has 4 nitrogen and oxygen atoms in total. The molecule has 0 saturated heterocycles. The van der Waals surface area contributed by atoms with Crippen LogP contribution in [0, 0.1) is 11.8 Å². The Hall–Kier alpha value is -0.550. The topological polar surface area (TPSA) is 64.9 Å². The van der Waals surface area contributed by atoms with Gasteiger partial charge < -0.3 is 10.3 Å². The van der Waals surface area contributed by atoms with Crippen molar-refractivity contribution in [2.45, 2.75) is 50.3 Å². The summed E-state index contributed by atoms with van der Waals surface area (Å²) in [7, 11) is 0. The molecule has 2 N–H and O–H groups in total. The minimum atomic E-state index is 0.236. The van der Waals surface area contributed by atoms with Crippen molar-refractivity contribution < 1.29 is 4.52 Å². The first-order valence-electron chi connectivity index (χ1n) is 6.95. The first-order valence-corrected chi connectivity index (χ1v) is 8.11. The van der Waals surface area contributed by atoms with Crippen LogP contribution in [0.25, 0.3) is 0 Å². The summed E-state index contributed by atoms with van der Waals surface area (Å²) in [5, 5.41) is 4.09. The molecule has 1 heterocycles. The molecule has 3 rings (SSSR count). The summed E-state index contributed by atoms with van der Waals surface area (Å²) in [6.45, 7) is 2.18. The van der Waals surface area contributed by atoms with Gasteiger partial charge in [0.2, 0.25) is 5.89 Å². The number of nitrogens with two attached hydrogens (primary N) is 1. The minimum Gasteiger partial charge on any atom is -0.339 e. The highest BCUT2D eigenvalue weighted by Gasteiger charge is 2.48. The molecule has 100 valence electrons. The Balaban J connectivity index is 1.66. The van der Waals surface area contributed by atoms with E-state index < -0.39 is 0 Å². The summed E-state index contributed by atoms with van der Waals surface area (Å²) in [6, 6.07) is 0.236. The van der Waals surface area contributed by atoms with Crippen LogP contribution in [0.4, 0.5) is 0 Å². The predicted molar refractivity (Wildman–Crippen MR) is 72.3 cm³/mol. The number of thioether (sulfide) groups is 1. The minimum absolute atomic E-state index is 0.236. The monoisotopic (exact) mass is 267 g/mol. The van der Waals surface area contributed by atoms with Gasteiger partial charge >= 0.3 is 0 Å². The second-order valence-corrected chi connectivity index (χ2v) is 6.64. The number of fused-ring (bicyclic) bond motifs is 2.